The molecule has 2 rings (SSSR count). The number of unbranched alkanes of at least 4 members (excludes halogenated alkanes) is 1. The van der Waals surface area contributed by atoms with E-state index in [0.29, 0.717) is 6.54 Å². The third-order valence-electron chi connectivity index (χ3n) is 3.82. The molecule has 3 amide bonds. The van der Waals surface area contributed by atoms with E-state index in [0.717, 1.165) is 18.4 Å². The smallest absolute Gasteiger partial charge is 0.342 e. The number of rotatable bonds is 9. The van der Waals surface area contributed by atoms with Gasteiger partial charge in [0, 0.05) is 6.54 Å². The summed E-state index contributed by atoms with van der Waals surface area (Å²) in [7, 11) is 0. The van der Waals surface area contributed by atoms with Crippen molar-refractivity contribution in [1.29, 1.82) is 0 Å². The maximum absolute atomic E-state index is 13.0. The van der Waals surface area contributed by atoms with E-state index in [1.54, 1.807) is 30.3 Å². The van der Waals surface area contributed by atoms with Gasteiger partial charge in [-0.05, 0) is 36.2 Å². The monoisotopic (exact) mass is 402 g/mol. The number of ether oxygens (including phenoxy) is 2. The topological polar surface area (TPSA) is 93.7 Å². The highest BCUT2D eigenvalue weighted by Crippen LogP contribution is 2.20. The predicted octanol–water partition coefficient (Wildman–Crippen LogP) is 3.19. The zero-order valence-corrected chi connectivity index (χ0v) is 16.1. The van der Waals surface area contributed by atoms with Crippen LogP contribution in [0.25, 0.3) is 0 Å². The highest BCUT2D eigenvalue weighted by atomic mass is 19.1. The van der Waals surface area contributed by atoms with E-state index in [9.17, 15) is 18.8 Å². The maximum atomic E-state index is 13.0. The van der Waals surface area contributed by atoms with E-state index in [1.165, 1.54) is 18.2 Å². The van der Waals surface area contributed by atoms with E-state index in [1.807, 2.05) is 6.92 Å². The standard InChI is InChI=1S/C21H23FN2O5/c1-2-3-12-23-21(27)24-19(25)14-29-20(26)17-6-4-5-7-18(17)28-13-15-8-10-16(22)11-9-15/h4-11H,2-3,12-14H2,1H3,(H2,23,24,25,27). The summed E-state index contributed by atoms with van der Waals surface area (Å²) in [5.74, 6) is -1.59. The van der Waals surface area contributed by atoms with Crippen LogP contribution in [0.1, 0.15) is 35.7 Å². The van der Waals surface area contributed by atoms with Crippen molar-refractivity contribution in [3.8, 4) is 5.75 Å². The van der Waals surface area contributed by atoms with Gasteiger partial charge in [-0.2, -0.15) is 0 Å². The molecule has 0 bridgehead atoms. The summed E-state index contributed by atoms with van der Waals surface area (Å²) in [5.41, 5.74) is 0.859. The molecule has 2 aromatic rings. The molecule has 0 fully saturated rings. The lowest BCUT2D eigenvalue weighted by atomic mass is 10.2. The summed E-state index contributed by atoms with van der Waals surface area (Å²) in [5, 5.41) is 4.61. The molecule has 29 heavy (non-hydrogen) atoms. The van der Waals surface area contributed by atoms with Gasteiger partial charge in [-0.3, -0.25) is 10.1 Å². The van der Waals surface area contributed by atoms with E-state index < -0.39 is 24.5 Å². The van der Waals surface area contributed by atoms with Crippen LogP contribution in [0.5, 0.6) is 5.75 Å². The summed E-state index contributed by atoms with van der Waals surface area (Å²) in [6.45, 7) is 1.95. The number of esters is 1. The van der Waals surface area contributed by atoms with Crippen molar-refractivity contribution in [1.82, 2.24) is 10.6 Å². The number of amides is 3. The van der Waals surface area contributed by atoms with Gasteiger partial charge in [0.15, 0.2) is 6.61 Å². The van der Waals surface area contributed by atoms with Gasteiger partial charge in [-0.1, -0.05) is 37.6 Å². The first-order valence-corrected chi connectivity index (χ1v) is 9.20. The normalized spacial score (nSPS) is 10.1. The second-order valence-electron chi connectivity index (χ2n) is 6.15. The maximum Gasteiger partial charge on any atom is 0.342 e. The van der Waals surface area contributed by atoms with Crippen molar-refractivity contribution in [3.63, 3.8) is 0 Å². The first kappa shape index (κ1) is 21.9. The minimum Gasteiger partial charge on any atom is -0.488 e. The van der Waals surface area contributed by atoms with Gasteiger partial charge in [0.2, 0.25) is 0 Å². The zero-order chi connectivity index (χ0) is 21.1. The Bertz CT molecular complexity index is 839. The Morgan fingerprint density at radius 2 is 1.76 bits per heavy atom. The average molecular weight is 402 g/mol. The van der Waals surface area contributed by atoms with Gasteiger partial charge in [0.05, 0.1) is 0 Å². The third-order valence-corrected chi connectivity index (χ3v) is 3.82. The van der Waals surface area contributed by atoms with Crippen LogP contribution in [0.4, 0.5) is 9.18 Å². The molecule has 2 aromatic carbocycles. The number of hydrogen-bond acceptors (Lipinski definition) is 5. The fourth-order valence-corrected chi connectivity index (χ4v) is 2.30. The molecular weight excluding hydrogens is 379 g/mol. The molecule has 0 saturated heterocycles. The fraction of sp³-hybridized carbons (Fsp3) is 0.286. The van der Waals surface area contributed by atoms with Crippen molar-refractivity contribution in [2.45, 2.75) is 26.4 Å². The molecule has 0 spiro atoms. The van der Waals surface area contributed by atoms with Crippen molar-refractivity contribution >= 4 is 17.9 Å². The lowest BCUT2D eigenvalue weighted by Gasteiger charge is -2.11. The second-order valence-corrected chi connectivity index (χ2v) is 6.15. The minimum atomic E-state index is -0.763. The molecule has 0 heterocycles. The number of nitrogens with one attached hydrogen (secondary N) is 2. The molecule has 0 aliphatic rings. The fourth-order valence-electron chi connectivity index (χ4n) is 2.30. The number of imide groups is 1. The number of carbonyl (C=O) groups excluding carboxylic acids is 3. The molecule has 8 heteroatoms. The molecular formula is C21H23FN2O5. The van der Waals surface area contributed by atoms with E-state index >= 15 is 0 Å². The van der Waals surface area contributed by atoms with Crippen LogP contribution >= 0.6 is 0 Å². The lowest BCUT2D eigenvalue weighted by molar-refractivity contribution is -0.123. The van der Waals surface area contributed by atoms with Crippen molar-refractivity contribution in [2.24, 2.45) is 0 Å². The van der Waals surface area contributed by atoms with Crippen molar-refractivity contribution in [2.75, 3.05) is 13.2 Å². The summed E-state index contributed by atoms with van der Waals surface area (Å²) in [4.78, 5) is 35.5. The lowest BCUT2D eigenvalue weighted by Crippen LogP contribution is -2.41. The van der Waals surface area contributed by atoms with Crippen LogP contribution in [0.3, 0.4) is 0 Å². The quantitative estimate of drug-likeness (QED) is 0.496. The zero-order valence-electron chi connectivity index (χ0n) is 16.1. The Labute approximate surface area is 168 Å². The highest BCUT2D eigenvalue weighted by molar-refractivity contribution is 5.97. The van der Waals surface area contributed by atoms with Crippen LogP contribution in [0, 0.1) is 5.82 Å². The largest absolute Gasteiger partial charge is 0.488 e. The Morgan fingerprint density at radius 1 is 1.03 bits per heavy atom. The number of hydrogen-bond donors (Lipinski definition) is 2. The summed E-state index contributed by atoms with van der Waals surface area (Å²) in [6, 6.07) is 11.5. The summed E-state index contributed by atoms with van der Waals surface area (Å²) < 4.78 is 23.6. The van der Waals surface area contributed by atoms with Gasteiger partial charge >= 0.3 is 12.0 Å². The van der Waals surface area contributed by atoms with Gasteiger partial charge in [0.25, 0.3) is 5.91 Å². The molecule has 0 saturated carbocycles. The van der Waals surface area contributed by atoms with Gasteiger partial charge in [-0.25, -0.2) is 14.0 Å². The van der Waals surface area contributed by atoms with Gasteiger partial charge in [0.1, 0.15) is 23.7 Å². The molecule has 0 radical (unpaired) electrons. The highest BCUT2D eigenvalue weighted by Gasteiger charge is 2.16. The van der Waals surface area contributed by atoms with Gasteiger partial charge < -0.3 is 14.8 Å². The Morgan fingerprint density at radius 3 is 2.48 bits per heavy atom. The summed E-state index contributed by atoms with van der Waals surface area (Å²) in [6.07, 6.45) is 1.71. The summed E-state index contributed by atoms with van der Waals surface area (Å²) >= 11 is 0. The number of halogens is 1. The van der Waals surface area contributed by atoms with Crippen LogP contribution in [-0.4, -0.2) is 31.1 Å². The van der Waals surface area contributed by atoms with Crippen LogP contribution < -0.4 is 15.4 Å². The predicted molar refractivity (Wildman–Crippen MR) is 104 cm³/mol. The number of carbonyl (C=O) groups is 3. The Kier molecular flexibility index (Phi) is 8.62. The van der Waals surface area contributed by atoms with E-state index in [2.05, 4.69) is 10.6 Å². The van der Waals surface area contributed by atoms with Crippen LogP contribution in [0.15, 0.2) is 48.5 Å². The minimum absolute atomic E-state index is 0.128. The number of benzene rings is 2. The van der Waals surface area contributed by atoms with Crippen molar-refractivity contribution in [3.05, 3.63) is 65.5 Å². The molecule has 0 atom stereocenters. The van der Waals surface area contributed by atoms with Gasteiger partial charge in [-0.15, -0.1) is 0 Å². The number of para-hydroxylation sites is 1. The first-order valence-electron chi connectivity index (χ1n) is 9.20. The second kappa shape index (κ2) is 11.4. The van der Waals surface area contributed by atoms with E-state index in [4.69, 9.17) is 9.47 Å². The molecule has 2 N–H and O–H groups in total. The third kappa shape index (κ3) is 7.61. The molecule has 0 aliphatic heterocycles. The molecule has 154 valence electrons. The van der Waals surface area contributed by atoms with Crippen LogP contribution in [-0.2, 0) is 16.1 Å². The Balaban J connectivity index is 1.86. The van der Waals surface area contributed by atoms with Crippen LogP contribution in [0.2, 0.25) is 0 Å². The molecule has 0 unspecified atom stereocenters. The number of urea groups is 1. The molecule has 7 nitrogen and oxygen atoms in total. The molecule has 0 aromatic heterocycles. The van der Waals surface area contributed by atoms with E-state index in [-0.39, 0.29) is 23.7 Å². The SMILES string of the molecule is CCCCNC(=O)NC(=O)COC(=O)c1ccccc1OCc1ccc(F)cc1. The average Bonchev–Trinajstić information content (AvgIpc) is 2.72. The Hall–Kier alpha value is -3.42. The van der Waals surface area contributed by atoms with Crippen molar-refractivity contribution < 1.29 is 28.2 Å². The first-order chi connectivity index (χ1) is 14.0. The molecule has 0 aliphatic carbocycles.